The zero-order chi connectivity index (χ0) is 18.8. The number of carbonyl (C=O) groups is 2. The lowest BCUT2D eigenvalue weighted by atomic mass is 10.0. The lowest BCUT2D eigenvalue weighted by molar-refractivity contribution is -0.126. The van der Waals surface area contributed by atoms with E-state index >= 15 is 0 Å². The van der Waals surface area contributed by atoms with Gasteiger partial charge < -0.3 is 15.3 Å². The summed E-state index contributed by atoms with van der Waals surface area (Å²) in [6, 6.07) is 10.1. The summed E-state index contributed by atoms with van der Waals surface area (Å²) in [4.78, 5) is 26.6. The van der Waals surface area contributed by atoms with Gasteiger partial charge in [0, 0.05) is 17.7 Å². The van der Waals surface area contributed by atoms with Crippen molar-refractivity contribution in [3.63, 3.8) is 0 Å². The number of hydrogen-bond acceptors (Lipinski definition) is 3. The number of halogens is 1. The smallest absolute Gasteiger partial charge is 0.255 e. The van der Waals surface area contributed by atoms with Crippen molar-refractivity contribution in [2.75, 3.05) is 6.61 Å². The topological polar surface area (TPSA) is 69.6 Å². The van der Waals surface area contributed by atoms with Gasteiger partial charge in [0.15, 0.2) is 0 Å². The maximum absolute atomic E-state index is 14.1. The van der Waals surface area contributed by atoms with E-state index in [1.54, 1.807) is 31.2 Å². The molecule has 2 atom stereocenters. The third-order valence-corrected chi connectivity index (χ3v) is 4.72. The molecule has 1 aliphatic rings. The highest BCUT2D eigenvalue weighted by molar-refractivity contribution is 6.01. The molecule has 2 aromatic carbocycles. The number of nitrogens with zero attached hydrogens (tertiary/aromatic N) is 1. The molecule has 1 heterocycles. The van der Waals surface area contributed by atoms with Gasteiger partial charge in [0.25, 0.3) is 5.91 Å². The lowest BCUT2D eigenvalue weighted by Gasteiger charge is -2.26. The van der Waals surface area contributed by atoms with E-state index in [1.165, 1.54) is 11.0 Å². The molecule has 0 aromatic heterocycles. The van der Waals surface area contributed by atoms with Crippen LogP contribution in [0.1, 0.15) is 40.0 Å². The molecular formula is C20H21FN2O3. The molecule has 26 heavy (non-hydrogen) atoms. The number of aliphatic hydroxyl groups is 1. The number of fused-ring (bicyclic) bond motifs is 1. The van der Waals surface area contributed by atoms with Gasteiger partial charge in [-0.1, -0.05) is 35.9 Å². The Morgan fingerprint density at radius 3 is 2.73 bits per heavy atom. The van der Waals surface area contributed by atoms with Crippen molar-refractivity contribution < 1.29 is 19.1 Å². The van der Waals surface area contributed by atoms with E-state index in [0.29, 0.717) is 12.1 Å². The SMILES string of the molecule is Cc1ccc(F)c([C@@H](CO)NC(=O)C(C)N2Cc3ccccc3C2=O)c1. The number of amides is 2. The molecule has 1 unspecified atom stereocenters. The van der Waals surface area contributed by atoms with Crippen molar-refractivity contribution in [3.05, 3.63) is 70.5 Å². The zero-order valence-electron chi connectivity index (χ0n) is 14.7. The van der Waals surface area contributed by atoms with Gasteiger partial charge in [-0.25, -0.2) is 4.39 Å². The van der Waals surface area contributed by atoms with Crippen LogP contribution in [-0.2, 0) is 11.3 Å². The number of hydrogen-bond donors (Lipinski definition) is 2. The number of aryl methyl sites for hydroxylation is 1. The van der Waals surface area contributed by atoms with Crippen molar-refractivity contribution in [2.45, 2.75) is 32.5 Å². The largest absolute Gasteiger partial charge is 0.394 e. The van der Waals surface area contributed by atoms with Crippen molar-refractivity contribution in [1.29, 1.82) is 0 Å². The minimum Gasteiger partial charge on any atom is -0.394 e. The zero-order valence-corrected chi connectivity index (χ0v) is 14.7. The highest BCUT2D eigenvalue weighted by Gasteiger charge is 2.34. The Labute approximate surface area is 151 Å². The number of carbonyl (C=O) groups excluding carboxylic acids is 2. The Hall–Kier alpha value is -2.73. The highest BCUT2D eigenvalue weighted by Crippen LogP contribution is 2.25. The summed E-state index contributed by atoms with van der Waals surface area (Å²) in [6.07, 6.45) is 0. The van der Waals surface area contributed by atoms with E-state index in [1.807, 2.05) is 19.1 Å². The van der Waals surface area contributed by atoms with Crippen LogP contribution in [0.3, 0.4) is 0 Å². The van der Waals surface area contributed by atoms with Crippen molar-refractivity contribution in [2.24, 2.45) is 0 Å². The third kappa shape index (κ3) is 3.32. The second kappa shape index (κ2) is 7.25. The minimum atomic E-state index is -0.870. The lowest BCUT2D eigenvalue weighted by Crippen LogP contribution is -2.46. The molecule has 5 nitrogen and oxygen atoms in total. The van der Waals surface area contributed by atoms with Crippen LogP contribution < -0.4 is 5.32 Å². The monoisotopic (exact) mass is 356 g/mol. The summed E-state index contributed by atoms with van der Waals surface area (Å²) in [5.41, 5.74) is 2.52. The Bertz CT molecular complexity index is 853. The second-order valence-electron chi connectivity index (χ2n) is 6.53. The average molecular weight is 356 g/mol. The quantitative estimate of drug-likeness (QED) is 0.864. The molecule has 0 saturated heterocycles. The van der Waals surface area contributed by atoms with Crippen LogP contribution in [-0.4, -0.2) is 34.5 Å². The first-order chi connectivity index (χ1) is 12.4. The first kappa shape index (κ1) is 18.1. The van der Waals surface area contributed by atoms with Gasteiger partial charge in [-0.05, 0) is 31.5 Å². The van der Waals surface area contributed by atoms with Gasteiger partial charge in [0.2, 0.25) is 5.91 Å². The van der Waals surface area contributed by atoms with Gasteiger partial charge in [-0.2, -0.15) is 0 Å². The number of benzene rings is 2. The molecule has 2 N–H and O–H groups in total. The first-order valence-corrected chi connectivity index (χ1v) is 8.48. The summed E-state index contributed by atoms with van der Waals surface area (Å²) in [6.45, 7) is 3.35. The van der Waals surface area contributed by atoms with Gasteiger partial charge in [-0.15, -0.1) is 0 Å². The summed E-state index contributed by atoms with van der Waals surface area (Å²) in [5.74, 6) is -1.14. The normalized spacial score (nSPS) is 15.5. The Balaban J connectivity index is 1.75. The molecule has 0 fully saturated rings. The van der Waals surface area contributed by atoms with Gasteiger partial charge >= 0.3 is 0 Å². The summed E-state index contributed by atoms with van der Waals surface area (Å²) < 4.78 is 14.1. The van der Waals surface area contributed by atoms with Crippen LogP contribution in [0.25, 0.3) is 0 Å². The van der Waals surface area contributed by atoms with Crippen molar-refractivity contribution >= 4 is 11.8 Å². The summed E-state index contributed by atoms with van der Waals surface area (Å²) >= 11 is 0. The highest BCUT2D eigenvalue weighted by atomic mass is 19.1. The predicted octanol–water partition coefficient (Wildman–Crippen LogP) is 2.33. The number of rotatable bonds is 5. The summed E-state index contributed by atoms with van der Waals surface area (Å²) in [7, 11) is 0. The van der Waals surface area contributed by atoms with Crippen LogP contribution in [0, 0.1) is 12.7 Å². The first-order valence-electron chi connectivity index (χ1n) is 8.48. The second-order valence-corrected chi connectivity index (χ2v) is 6.53. The fourth-order valence-corrected chi connectivity index (χ4v) is 3.18. The maximum atomic E-state index is 14.1. The average Bonchev–Trinajstić information content (AvgIpc) is 2.98. The fourth-order valence-electron chi connectivity index (χ4n) is 3.18. The molecule has 0 spiro atoms. The minimum absolute atomic E-state index is 0.203. The molecular weight excluding hydrogens is 335 g/mol. The molecule has 1 aliphatic heterocycles. The number of nitrogens with one attached hydrogen (secondary N) is 1. The van der Waals surface area contributed by atoms with Crippen molar-refractivity contribution in [1.82, 2.24) is 10.2 Å². The Morgan fingerprint density at radius 2 is 2.04 bits per heavy atom. The van der Waals surface area contributed by atoms with Crippen molar-refractivity contribution in [3.8, 4) is 0 Å². The molecule has 2 amide bonds. The molecule has 0 radical (unpaired) electrons. The fraction of sp³-hybridized carbons (Fsp3) is 0.300. The standard InChI is InChI=1S/C20H21FN2O3/c1-12-7-8-17(21)16(9-12)18(11-24)22-19(25)13(2)23-10-14-5-3-4-6-15(14)20(23)26/h3-9,13,18,24H,10-11H2,1-2H3,(H,22,25)/t13?,18-/m1/s1. The van der Waals surface area contributed by atoms with E-state index < -0.39 is 30.4 Å². The Morgan fingerprint density at radius 1 is 1.31 bits per heavy atom. The molecule has 0 bridgehead atoms. The van der Waals surface area contributed by atoms with Gasteiger partial charge in [0.1, 0.15) is 11.9 Å². The molecule has 136 valence electrons. The van der Waals surface area contributed by atoms with Crippen LogP contribution in [0.5, 0.6) is 0 Å². The Kier molecular flexibility index (Phi) is 5.04. The third-order valence-electron chi connectivity index (χ3n) is 4.72. The molecule has 2 aromatic rings. The number of aliphatic hydroxyl groups excluding tert-OH is 1. The van der Waals surface area contributed by atoms with Crippen LogP contribution in [0.15, 0.2) is 42.5 Å². The predicted molar refractivity (Wildman–Crippen MR) is 94.9 cm³/mol. The van der Waals surface area contributed by atoms with E-state index in [0.717, 1.165) is 11.1 Å². The molecule has 0 aliphatic carbocycles. The van der Waals surface area contributed by atoms with E-state index in [9.17, 15) is 19.1 Å². The maximum Gasteiger partial charge on any atom is 0.255 e. The molecule has 6 heteroatoms. The van der Waals surface area contributed by atoms with Crippen LogP contribution in [0.2, 0.25) is 0 Å². The van der Waals surface area contributed by atoms with E-state index in [4.69, 9.17) is 0 Å². The van der Waals surface area contributed by atoms with E-state index in [-0.39, 0.29) is 11.5 Å². The van der Waals surface area contributed by atoms with Crippen LogP contribution in [0.4, 0.5) is 4.39 Å². The van der Waals surface area contributed by atoms with Gasteiger partial charge in [0.05, 0.1) is 12.6 Å². The van der Waals surface area contributed by atoms with E-state index in [2.05, 4.69) is 5.32 Å². The molecule has 3 rings (SSSR count). The van der Waals surface area contributed by atoms with Crippen LogP contribution >= 0.6 is 0 Å². The molecule has 0 saturated carbocycles. The van der Waals surface area contributed by atoms with Gasteiger partial charge in [-0.3, -0.25) is 9.59 Å². The summed E-state index contributed by atoms with van der Waals surface area (Å²) in [5, 5.41) is 12.3.